The van der Waals surface area contributed by atoms with E-state index < -0.39 is 0 Å². The van der Waals surface area contributed by atoms with E-state index in [1.807, 2.05) is 11.8 Å². The van der Waals surface area contributed by atoms with Crippen LogP contribution in [0.5, 0.6) is 0 Å². The fourth-order valence-electron chi connectivity index (χ4n) is 0.361. The smallest absolute Gasteiger partial charge is 0.0418 e. The molecule has 1 N–H and O–H groups in total. The summed E-state index contributed by atoms with van der Waals surface area (Å²) >= 11 is 1.96. The molecule has 0 saturated carbocycles. The van der Waals surface area contributed by atoms with Gasteiger partial charge in [-0.2, -0.15) is 0 Å². The number of hydrogen-bond acceptors (Lipinski definition) is 2. The van der Waals surface area contributed by atoms with Crippen molar-refractivity contribution in [1.29, 1.82) is 0 Å². The maximum atomic E-state index is 3.19. The zero-order valence-corrected chi connectivity index (χ0v) is 4.25. The minimum Gasteiger partial charge on any atom is -0.307 e. The predicted octanol–water partition coefficient (Wildman–Crippen LogP) is 0.162. The third-order valence-corrected chi connectivity index (χ3v) is 1.53. The van der Waals surface area contributed by atoms with Gasteiger partial charge < -0.3 is 5.32 Å². The number of hydrogen-bond donors (Lipinski definition) is 1. The van der Waals surface area contributed by atoms with Crippen LogP contribution in [-0.2, 0) is 5.48 Å². The summed E-state index contributed by atoms with van der Waals surface area (Å²) in [5, 5.41) is 3.19. The van der Waals surface area contributed by atoms with Gasteiger partial charge in [0.15, 0.2) is 0 Å². The lowest BCUT2D eigenvalue weighted by Gasteiger charge is -1.74. The van der Waals surface area contributed by atoms with Crippen LogP contribution in [0, 0.1) is 0 Å². The first-order valence-corrected chi connectivity index (χ1v) is 2.94. The highest BCUT2D eigenvalue weighted by molar-refractivity contribution is 7.99. The Morgan fingerprint density at radius 3 is 2.50 bits per heavy atom. The van der Waals surface area contributed by atoms with Gasteiger partial charge >= 0.3 is 0 Å². The largest absolute Gasteiger partial charge is 0.307 e. The quantitative estimate of drug-likeness (QED) is 0.476. The standard InChI is InChI=1S/C3H7NS.O/c1-2-5-3-4-1;/h4H,1-3H2;. The monoisotopic (exact) mass is 105 g/mol. The molecule has 1 heterocycles. The topological polar surface area (TPSA) is 40.5 Å². The van der Waals surface area contributed by atoms with Gasteiger partial charge in [0.05, 0.1) is 0 Å². The first-order chi connectivity index (χ1) is 2.50. The first kappa shape index (κ1) is 6.27. The fourth-order valence-corrected chi connectivity index (χ4v) is 1.08. The Labute approximate surface area is 41.6 Å². The van der Waals surface area contributed by atoms with Crippen LogP contribution < -0.4 is 5.32 Å². The SMILES string of the molecule is C1CSCN1.[O]. The van der Waals surface area contributed by atoms with Crippen molar-refractivity contribution < 1.29 is 5.48 Å². The van der Waals surface area contributed by atoms with Crippen molar-refractivity contribution in [3.05, 3.63) is 0 Å². The van der Waals surface area contributed by atoms with E-state index in [-0.39, 0.29) is 5.48 Å². The van der Waals surface area contributed by atoms with Crippen molar-refractivity contribution in [2.45, 2.75) is 0 Å². The maximum absolute atomic E-state index is 3.19. The molecule has 1 saturated heterocycles. The van der Waals surface area contributed by atoms with Gasteiger partial charge in [-0.1, -0.05) is 0 Å². The summed E-state index contributed by atoms with van der Waals surface area (Å²) in [6, 6.07) is 0. The molecule has 1 aliphatic heterocycles. The van der Waals surface area contributed by atoms with E-state index in [4.69, 9.17) is 0 Å². The van der Waals surface area contributed by atoms with Crippen LogP contribution in [0.15, 0.2) is 0 Å². The highest BCUT2D eigenvalue weighted by Crippen LogP contribution is 1.99. The Morgan fingerprint density at radius 2 is 2.33 bits per heavy atom. The van der Waals surface area contributed by atoms with Gasteiger partial charge in [0.2, 0.25) is 0 Å². The Hall–Kier alpha value is 0.270. The molecule has 2 nitrogen and oxygen atoms in total. The average Bonchev–Trinajstić information content (AvgIpc) is 1.76. The molecule has 0 amide bonds. The number of thioether (sulfide) groups is 1. The van der Waals surface area contributed by atoms with Crippen molar-refractivity contribution in [2.75, 3.05) is 18.2 Å². The van der Waals surface area contributed by atoms with Gasteiger partial charge in [-0.25, -0.2) is 0 Å². The van der Waals surface area contributed by atoms with Gasteiger partial charge in [-0.15, -0.1) is 11.8 Å². The van der Waals surface area contributed by atoms with Gasteiger partial charge in [-0.3, -0.25) is 0 Å². The minimum absolute atomic E-state index is 0. The molecular weight excluding hydrogens is 98.1 g/mol. The van der Waals surface area contributed by atoms with E-state index in [0.717, 1.165) is 0 Å². The lowest BCUT2D eigenvalue weighted by molar-refractivity contribution is 0.686. The van der Waals surface area contributed by atoms with E-state index in [9.17, 15) is 0 Å². The van der Waals surface area contributed by atoms with Gasteiger partial charge in [0.25, 0.3) is 0 Å². The normalized spacial score (nSPS) is 20.0. The molecule has 1 rings (SSSR count). The molecule has 0 spiro atoms. The van der Waals surface area contributed by atoms with Crippen LogP contribution in [-0.4, -0.2) is 18.2 Å². The summed E-state index contributed by atoms with van der Waals surface area (Å²) in [5.41, 5.74) is 0. The minimum atomic E-state index is 0. The van der Waals surface area contributed by atoms with Crippen molar-refractivity contribution >= 4 is 11.8 Å². The van der Waals surface area contributed by atoms with E-state index >= 15 is 0 Å². The molecule has 0 aromatic carbocycles. The molecule has 6 heavy (non-hydrogen) atoms. The van der Waals surface area contributed by atoms with Crippen molar-refractivity contribution in [2.24, 2.45) is 0 Å². The van der Waals surface area contributed by atoms with Crippen molar-refractivity contribution in [1.82, 2.24) is 5.32 Å². The zero-order valence-electron chi connectivity index (χ0n) is 3.44. The van der Waals surface area contributed by atoms with E-state index in [0.29, 0.717) is 0 Å². The molecule has 0 atom stereocenters. The molecule has 0 bridgehead atoms. The van der Waals surface area contributed by atoms with Crippen LogP contribution in [0.25, 0.3) is 0 Å². The highest BCUT2D eigenvalue weighted by Gasteiger charge is 1.93. The molecule has 0 aromatic rings. The highest BCUT2D eigenvalue weighted by atomic mass is 32.2. The van der Waals surface area contributed by atoms with E-state index in [2.05, 4.69) is 5.32 Å². The predicted molar refractivity (Wildman–Crippen MR) is 26.0 cm³/mol. The molecule has 1 aliphatic rings. The first-order valence-electron chi connectivity index (χ1n) is 1.78. The molecule has 0 aromatic heterocycles. The Morgan fingerprint density at radius 1 is 1.50 bits per heavy atom. The Bertz CT molecular complexity index is 22.4. The zero-order chi connectivity index (χ0) is 3.54. The lowest BCUT2D eigenvalue weighted by Crippen LogP contribution is -2.04. The molecule has 0 unspecified atom stereocenters. The lowest BCUT2D eigenvalue weighted by atomic mass is 10.8. The Balaban J connectivity index is 0.000000250. The van der Waals surface area contributed by atoms with Crippen LogP contribution in [0.2, 0.25) is 0 Å². The summed E-state index contributed by atoms with van der Waals surface area (Å²) in [6.07, 6.45) is 0. The van der Waals surface area contributed by atoms with Crippen LogP contribution in [0.3, 0.4) is 0 Å². The van der Waals surface area contributed by atoms with Crippen LogP contribution in [0.1, 0.15) is 0 Å². The molecule has 0 aliphatic carbocycles. The molecule has 1 fully saturated rings. The van der Waals surface area contributed by atoms with E-state index in [1.54, 1.807) is 0 Å². The third-order valence-electron chi connectivity index (χ3n) is 0.627. The molecule has 3 heteroatoms. The van der Waals surface area contributed by atoms with Gasteiger partial charge in [0.1, 0.15) is 0 Å². The summed E-state index contributed by atoms with van der Waals surface area (Å²) in [4.78, 5) is 0. The molecular formula is C3H7NOS. The summed E-state index contributed by atoms with van der Waals surface area (Å²) in [5.74, 6) is 2.47. The van der Waals surface area contributed by atoms with E-state index in [1.165, 1.54) is 18.2 Å². The fraction of sp³-hybridized carbons (Fsp3) is 1.00. The summed E-state index contributed by atoms with van der Waals surface area (Å²) in [6.45, 7) is 1.21. The summed E-state index contributed by atoms with van der Waals surface area (Å²) in [7, 11) is 0. The van der Waals surface area contributed by atoms with Crippen molar-refractivity contribution in [3.63, 3.8) is 0 Å². The van der Waals surface area contributed by atoms with Crippen LogP contribution in [0.4, 0.5) is 0 Å². The van der Waals surface area contributed by atoms with Gasteiger partial charge in [0, 0.05) is 23.7 Å². The average molecular weight is 105 g/mol. The third kappa shape index (κ3) is 1.64. The maximum Gasteiger partial charge on any atom is 0.0418 e. The second-order valence-corrected chi connectivity index (χ2v) is 2.16. The van der Waals surface area contributed by atoms with Crippen LogP contribution >= 0.6 is 11.8 Å². The van der Waals surface area contributed by atoms with Gasteiger partial charge in [-0.05, 0) is 0 Å². The second-order valence-electron chi connectivity index (χ2n) is 1.05. The van der Waals surface area contributed by atoms with Crippen molar-refractivity contribution in [3.8, 4) is 0 Å². The molecule has 2 radical (unpaired) electrons. The number of nitrogens with one attached hydrogen (secondary N) is 1. The second kappa shape index (κ2) is 3.46. The summed E-state index contributed by atoms with van der Waals surface area (Å²) < 4.78 is 0. The Kier molecular flexibility index (Phi) is 3.62. The molecule has 36 valence electrons. The number of rotatable bonds is 0.